The summed E-state index contributed by atoms with van der Waals surface area (Å²) in [7, 11) is 0. The summed E-state index contributed by atoms with van der Waals surface area (Å²) in [6, 6.07) is 3.86. The third-order valence-electron chi connectivity index (χ3n) is 4.19. The van der Waals surface area contributed by atoms with E-state index in [1.165, 1.54) is 16.3 Å². The molecule has 3 rings (SSSR count). The average molecular weight is 364 g/mol. The second kappa shape index (κ2) is 7.33. The molecule has 0 saturated carbocycles. The first-order chi connectivity index (χ1) is 11.4. The Hall–Kier alpha value is -1.24. The van der Waals surface area contributed by atoms with Crippen LogP contribution in [0.15, 0.2) is 22.9 Å². The molecule has 1 amide bonds. The summed E-state index contributed by atoms with van der Waals surface area (Å²) in [4.78, 5) is 22.6. The molecule has 1 fully saturated rings. The van der Waals surface area contributed by atoms with Crippen molar-refractivity contribution in [3.05, 3.63) is 38.5 Å². The molecule has 1 aliphatic heterocycles. The largest absolute Gasteiger partial charge is 0.337 e. The molecule has 1 aliphatic rings. The van der Waals surface area contributed by atoms with Gasteiger partial charge in [0.15, 0.2) is 0 Å². The zero-order valence-electron chi connectivity index (χ0n) is 14.6. The first-order valence-electron chi connectivity index (χ1n) is 8.43. The smallest absolute Gasteiger partial charge is 0.263 e. The predicted molar refractivity (Wildman–Crippen MR) is 101 cm³/mol. The van der Waals surface area contributed by atoms with Gasteiger partial charge in [-0.2, -0.15) is 0 Å². The van der Waals surface area contributed by atoms with E-state index >= 15 is 0 Å². The van der Waals surface area contributed by atoms with E-state index in [1.54, 1.807) is 11.3 Å². The van der Waals surface area contributed by atoms with Crippen molar-refractivity contribution in [3.63, 3.8) is 0 Å². The van der Waals surface area contributed by atoms with E-state index in [4.69, 9.17) is 4.98 Å². The molecule has 0 aromatic carbocycles. The topological polar surface area (TPSA) is 36.4 Å². The van der Waals surface area contributed by atoms with Gasteiger partial charge in [0.05, 0.1) is 15.6 Å². The van der Waals surface area contributed by atoms with Crippen LogP contribution in [0.3, 0.4) is 0 Å². The lowest BCUT2D eigenvalue weighted by molar-refractivity contribution is 0.0766. The molecule has 2 aromatic rings. The van der Waals surface area contributed by atoms with Crippen molar-refractivity contribution in [2.45, 2.75) is 39.2 Å². The number of nitrogens with zero attached hydrogens (tertiary/aromatic N) is 3. The maximum atomic E-state index is 12.5. The highest BCUT2D eigenvalue weighted by molar-refractivity contribution is 7.12. The quantitative estimate of drug-likeness (QED) is 0.831. The van der Waals surface area contributed by atoms with Crippen LogP contribution in [-0.4, -0.2) is 46.9 Å². The highest BCUT2D eigenvalue weighted by Gasteiger charge is 2.22. The second-order valence-electron chi connectivity index (χ2n) is 7.29. The summed E-state index contributed by atoms with van der Waals surface area (Å²) >= 11 is 3.28. The monoisotopic (exact) mass is 363 g/mol. The molecule has 0 radical (unpaired) electrons. The van der Waals surface area contributed by atoms with E-state index in [0.29, 0.717) is 0 Å². The fourth-order valence-electron chi connectivity index (χ4n) is 2.84. The van der Waals surface area contributed by atoms with Crippen LogP contribution in [0.2, 0.25) is 0 Å². The van der Waals surface area contributed by atoms with Crippen LogP contribution in [0.5, 0.6) is 0 Å². The van der Waals surface area contributed by atoms with Gasteiger partial charge in [-0.15, -0.1) is 22.7 Å². The van der Waals surface area contributed by atoms with E-state index < -0.39 is 0 Å². The van der Waals surface area contributed by atoms with Gasteiger partial charge >= 0.3 is 0 Å². The van der Waals surface area contributed by atoms with Crippen LogP contribution in [0.1, 0.15) is 47.6 Å². The standard InChI is InChI=1S/C18H25N3OS2/c1-18(2,3)17-19-14(13-24-17)12-20-7-5-8-21(10-9-20)16(22)15-6-4-11-23-15/h4,6,11,13H,5,7-10,12H2,1-3H3. The Labute approximate surface area is 152 Å². The molecule has 0 bridgehead atoms. The van der Waals surface area contributed by atoms with Crippen LogP contribution < -0.4 is 0 Å². The van der Waals surface area contributed by atoms with Crippen LogP contribution in [-0.2, 0) is 12.0 Å². The molecule has 0 unspecified atom stereocenters. The van der Waals surface area contributed by atoms with Gasteiger partial charge < -0.3 is 4.90 Å². The van der Waals surface area contributed by atoms with E-state index in [0.717, 1.165) is 49.7 Å². The normalized spacial score (nSPS) is 17.0. The summed E-state index contributed by atoms with van der Waals surface area (Å²) < 4.78 is 0. The highest BCUT2D eigenvalue weighted by atomic mass is 32.1. The summed E-state index contributed by atoms with van der Waals surface area (Å²) in [6.45, 7) is 11.1. The van der Waals surface area contributed by atoms with Crippen molar-refractivity contribution in [1.82, 2.24) is 14.8 Å². The summed E-state index contributed by atoms with van der Waals surface area (Å²) in [5.74, 6) is 0.176. The van der Waals surface area contributed by atoms with Gasteiger partial charge in [-0.25, -0.2) is 4.98 Å². The average Bonchev–Trinajstić information content (AvgIpc) is 3.15. The minimum absolute atomic E-state index is 0.117. The number of carbonyl (C=O) groups is 1. The number of carbonyl (C=O) groups excluding carboxylic acids is 1. The number of thiazole rings is 1. The van der Waals surface area contributed by atoms with Crippen molar-refractivity contribution in [1.29, 1.82) is 0 Å². The molecule has 3 heterocycles. The number of amides is 1. The highest BCUT2D eigenvalue weighted by Crippen LogP contribution is 2.26. The summed E-state index contributed by atoms with van der Waals surface area (Å²) in [5, 5.41) is 5.34. The lowest BCUT2D eigenvalue weighted by atomic mass is 9.98. The summed E-state index contributed by atoms with van der Waals surface area (Å²) in [6.07, 6.45) is 1.02. The van der Waals surface area contributed by atoms with E-state index in [9.17, 15) is 4.79 Å². The number of hydrogen-bond donors (Lipinski definition) is 0. The Bertz CT molecular complexity index is 673. The Kier molecular flexibility index (Phi) is 5.37. The van der Waals surface area contributed by atoms with Crippen LogP contribution in [0.4, 0.5) is 0 Å². The molecule has 24 heavy (non-hydrogen) atoms. The van der Waals surface area contributed by atoms with E-state index in [1.807, 2.05) is 22.4 Å². The van der Waals surface area contributed by atoms with Crippen LogP contribution in [0, 0.1) is 0 Å². The van der Waals surface area contributed by atoms with Crippen molar-refractivity contribution in [2.24, 2.45) is 0 Å². The van der Waals surface area contributed by atoms with Crippen molar-refractivity contribution < 1.29 is 4.79 Å². The molecule has 0 aliphatic carbocycles. The third kappa shape index (κ3) is 4.23. The fourth-order valence-corrected chi connectivity index (χ4v) is 4.43. The predicted octanol–water partition coefficient (Wildman–Crippen LogP) is 3.85. The fraction of sp³-hybridized carbons (Fsp3) is 0.556. The maximum Gasteiger partial charge on any atom is 0.263 e. The first-order valence-corrected chi connectivity index (χ1v) is 10.2. The lowest BCUT2D eigenvalue weighted by Crippen LogP contribution is -2.34. The second-order valence-corrected chi connectivity index (χ2v) is 9.10. The van der Waals surface area contributed by atoms with Gasteiger partial charge in [-0.05, 0) is 17.9 Å². The molecule has 130 valence electrons. The Morgan fingerprint density at radius 2 is 2.04 bits per heavy atom. The Balaban J connectivity index is 1.58. The first kappa shape index (κ1) is 17.6. The van der Waals surface area contributed by atoms with Crippen molar-refractivity contribution in [3.8, 4) is 0 Å². The zero-order chi connectivity index (χ0) is 17.2. The van der Waals surface area contributed by atoms with Gasteiger partial charge in [0, 0.05) is 43.5 Å². The number of hydrogen-bond acceptors (Lipinski definition) is 5. The number of aromatic nitrogens is 1. The zero-order valence-corrected chi connectivity index (χ0v) is 16.3. The van der Waals surface area contributed by atoms with Crippen LogP contribution in [0.25, 0.3) is 0 Å². The summed E-state index contributed by atoms with van der Waals surface area (Å²) in [5.41, 5.74) is 1.27. The van der Waals surface area contributed by atoms with Crippen molar-refractivity contribution in [2.75, 3.05) is 26.2 Å². The maximum absolute atomic E-state index is 12.5. The lowest BCUT2D eigenvalue weighted by Gasteiger charge is -2.21. The van der Waals surface area contributed by atoms with Gasteiger partial charge in [0.1, 0.15) is 0 Å². The SMILES string of the molecule is CC(C)(C)c1nc(CN2CCCN(C(=O)c3cccs3)CC2)cs1. The van der Waals surface area contributed by atoms with Gasteiger partial charge in [0.2, 0.25) is 0 Å². The van der Waals surface area contributed by atoms with Gasteiger partial charge in [0.25, 0.3) is 5.91 Å². The molecular weight excluding hydrogens is 338 g/mol. The number of rotatable bonds is 3. The van der Waals surface area contributed by atoms with Crippen molar-refractivity contribution >= 4 is 28.6 Å². The van der Waals surface area contributed by atoms with Gasteiger partial charge in [-0.1, -0.05) is 26.8 Å². The third-order valence-corrected chi connectivity index (χ3v) is 6.36. The molecular formula is C18H25N3OS2. The number of thiophene rings is 1. The molecule has 4 nitrogen and oxygen atoms in total. The minimum atomic E-state index is 0.117. The minimum Gasteiger partial charge on any atom is -0.337 e. The van der Waals surface area contributed by atoms with Crippen LogP contribution >= 0.6 is 22.7 Å². The Morgan fingerprint density at radius 1 is 1.21 bits per heavy atom. The molecule has 2 aromatic heterocycles. The molecule has 0 N–H and O–H groups in total. The molecule has 6 heteroatoms. The van der Waals surface area contributed by atoms with E-state index in [-0.39, 0.29) is 11.3 Å². The Morgan fingerprint density at radius 3 is 2.71 bits per heavy atom. The molecule has 0 atom stereocenters. The van der Waals surface area contributed by atoms with E-state index in [2.05, 4.69) is 31.1 Å². The molecule has 1 saturated heterocycles. The van der Waals surface area contributed by atoms with Gasteiger partial charge in [-0.3, -0.25) is 9.69 Å². The molecule has 0 spiro atoms.